The zero-order valence-electron chi connectivity index (χ0n) is 16.3. The second-order valence-electron chi connectivity index (χ2n) is 8.10. The molecule has 0 spiro atoms. The first kappa shape index (κ1) is 18.4. The Bertz CT molecular complexity index is 932. The van der Waals surface area contributed by atoms with Gasteiger partial charge in [0.2, 0.25) is 0 Å². The van der Waals surface area contributed by atoms with Crippen molar-refractivity contribution >= 4 is 5.82 Å². The van der Waals surface area contributed by atoms with Crippen molar-refractivity contribution in [3.05, 3.63) is 36.8 Å². The minimum Gasteiger partial charge on any atom is -0.506 e. The molecule has 0 bridgehead atoms. The van der Waals surface area contributed by atoms with Crippen molar-refractivity contribution in [2.75, 3.05) is 11.4 Å². The number of H-pyrrole nitrogens is 1. The van der Waals surface area contributed by atoms with Gasteiger partial charge in [-0.05, 0) is 51.8 Å². The molecule has 0 aromatic carbocycles. The maximum absolute atomic E-state index is 10.4. The van der Waals surface area contributed by atoms with Gasteiger partial charge in [-0.15, -0.1) is 10.2 Å². The summed E-state index contributed by atoms with van der Waals surface area (Å²) in [5, 5.41) is 29.4. The predicted octanol–water partition coefficient (Wildman–Crippen LogP) is 2.95. The zero-order chi connectivity index (χ0) is 19.7. The molecule has 4 heterocycles. The molecule has 1 fully saturated rings. The molecule has 0 aliphatic carbocycles. The van der Waals surface area contributed by atoms with E-state index in [0.717, 1.165) is 36.3 Å². The van der Waals surface area contributed by atoms with Crippen LogP contribution < -0.4 is 10.2 Å². The molecule has 0 radical (unpaired) electrons. The average Bonchev–Trinajstić information content (AvgIpc) is 3.32. The van der Waals surface area contributed by atoms with E-state index < -0.39 is 0 Å². The van der Waals surface area contributed by atoms with E-state index in [9.17, 15) is 5.11 Å². The van der Waals surface area contributed by atoms with Gasteiger partial charge in [-0.3, -0.25) is 10.4 Å². The normalized spacial score (nSPS) is 17.2. The van der Waals surface area contributed by atoms with Crippen LogP contribution in [-0.2, 0) is 0 Å². The monoisotopic (exact) mass is 379 g/mol. The van der Waals surface area contributed by atoms with Gasteiger partial charge in [-0.25, -0.2) is 4.98 Å². The van der Waals surface area contributed by atoms with Crippen LogP contribution in [0.5, 0.6) is 5.75 Å². The fourth-order valence-corrected chi connectivity index (χ4v) is 3.51. The Labute approximate surface area is 164 Å². The standard InChI is InChI=1S/C20H25N7O/c1-20(2,3)24-17-5-4-8-27(17)18-7-6-15(25-26-18)19-16(28)9-13(10-21-19)14-11-22-23-12-14/h6-7,9-12,17,24,28H,4-5,8H2,1-3H3,(H,22,23)/t17-/m0/s1. The lowest BCUT2D eigenvalue weighted by atomic mass is 10.1. The van der Waals surface area contributed by atoms with Crippen LogP contribution >= 0.6 is 0 Å². The zero-order valence-corrected chi connectivity index (χ0v) is 16.3. The molecule has 1 atom stereocenters. The SMILES string of the molecule is CC(C)(C)N[C@@H]1CCCN1c1ccc(-c2ncc(-c3cn[nH]c3)cc2O)nn1. The average molecular weight is 379 g/mol. The molecular formula is C20H25N7O. The Morgan fingerprint density at radius 3 is 2.68 bits per heavy atom. The van der Waals surface area contributed by atoms with Crippen LogP contribution in [0.15, 0.2) is 36.8 Å². The second-order valence-corrected chi connectivity index (χ2v) is 8.10. The van der Waals surface area contributed by atoms with E-state index in [-0.39, 0.29) is 17.5 Å². The molecule has 3 aromatic rings. The van der Waals surface area contributed by atoms with Gasteiger partial charge in [0.05, 0.1) is 12.4 Å². The highest BCUT2D eigenvalue weighted by atomic mass is 16.3. The number of hydrogen-bond donors (Lipinski definition) is 3. The van der Waals surface area contributed by atoms with E-state index in [1.165, 1.54) is 0 Å². The maximum atomic E-state index is 10.4. The van der Waals surface area contributed by atoms with Crippen molar-refractivity contribution in [2.24, 2.45) is 0 Å². The number of aromatic amines is 1. The highest BCUT2D eigenvalue weighted by Gasteiger charge is 2.29. The molecule has 3 aromatic heterocycles. The summed E-state index contributed by atoms with van der Waals surface area (Å²) in [6.45, 7) is 7.45. The van der Waals surface area contributed by atoms with Crippen LogP contribution in [0.1, 0.15) is 33.6 Å². The van der Waals surface area contributed by atoms with Gasteiger partial charge in [0.1, 0.15) is 17.1 Å². The number of nitrogens with zero attached hydrogens (tertiary/aromatic N) is 5. The van der Waals surface area contributed by atoms with Crippen LogP contribution in [0.2, 0.25) is 0 Å². The van der Waals surface area contributed by atoms with Crippen LogP contribution in [0, 0.1) is 0 Å². The molecule has 0 unspecified atom stereocenters. The van der Waals surface area contributed by atoms with Gasteiger partial charge in [-0.1, -0.05) is 0 Å². The topological polar surface area (TPSA) is 103 Å². The van der Waals surface area contributed by atoms with Crippen LogP contribution in [0.3, 0.4) is 0 Å². The summed E-state index contributed by atoms with van der Waals surface area (Å²) in [5.41, 5.74) is 2.64. The summed E-state index contributed by atoms with van der Waals surface area (Å²) in [6, 6.07) is 5.46. The molecule has 8 heteroatoms. The van der Waals surface area contributed by atoms with E-state index in [2.05, 4.69) is 56.4 Å². The number of hydrogen-bond acceptors (Lipinski definition) is 7. The molecular weight excluding hydrogens is 354 g/mol. The molecule has 1 aliphatic heterocycles. The predicted molar refractivity (Wildman–Crippen MR) is 108 cm³/mol. The first-order valence-electron chi connectivity index (χ1n) is 9.47. The quantitative estimate of drug-likeness (QED) is 0.640. The summed E-state index contributed by atoms with van der Waals surface area (Å²) in [5.74, 6) is 0.895. The third-order valence-electron chi connectivity index (χ3n) is 4.74. The van der Waals surface area contributed by atoms with Gasteiger partial charge < -0.3 is 10.0 Å². The molecule has 146 valence electrons. The van der Waals surface area contributed by atoms with Gasteiger partial charge in [0, 0.05) is 35.6 Å². The Hall–Kier alpha value is -3.00. The highest BCUT2D eigenvalue weighted by Crippen LogP contribution is 2.31. The molecule has 1 aliphatic rings. The second kappa shape index (κ2) is 7.20. The highest BCUT2D eigenvalue weighted by molar-refractivity contribution is 5.69. The summed E-state index contributed by atoms with van der Waals surface area (Å²) in [6.07, 6.45) is 7.58. The fourth-order valence-electron chi connectivity index (χ4n) is 3.51. The molecule has 0 amide bonds. The van der Waals surface area contributed by atoms with Crippen molar-refractivity contribution in [3.8, 4) is 28.3 Å². The van der Waals surface area contributed by atoms with E-state index in [4.69, 9.17) is 0 Å². The number of aromatic hydroxyl groups is 1. The molecule has 4 rings (SSSR count). The Morgan fingerprint density at radius 1 is 1.18 bits per heavy atom. The van der Waals surface area contributed by atoms with Crippen LogP contribution in [0.4, 0.5) is 5.82 Å². The molecule has 28 heavy (non-hydrogen) atoms. The Morgan fingerprint density at radius 2 is 2.04 bits per heavy atom. The van der Waals surface area contributed by atoms with E-state index in [1.807, 2.05) is 12.1 Å². The lowest BCUT2D eigenvalue weighted by Crippen LogP contribution is -2.50. The van der Waals surface area contributed by atoms with Crippen molar-refractivity contribution in [1.82, 2.24) is 30.7 Å². The van der Waals surface area contributed by atoms with E-state index in [1.54, 1.807) is 24.7 Å². The number of rotatable bonds is 4. The number of nitrogens with one attached hydrogen (secondary N) is 2. The third kappa shape index (κ3) is 3.82. The number of anilines is 1. The fraction of sp³-hybridized carbons (Fsp3) is 0.400. The van der Waals surface area contributed by atoms with E-state index in [0.29, 0.717) is 11.4 Å². The molecule has 8 nitrogen and oxygen atoms in total. The summed E-state index contributed by atoms with van der Waals surface area (Å²) >= 11 is 0. The van der Waals surface area contributed by atoms with Crippen molar-refractivity contribution in [2.45, 2.75) is 45.3 Å². The number of pyridine rings is 1. The van der Waals surface area contributed by atoms with Crippen molar-refractivity contribution in [3.63, 3.8) is 0 Å². The van der Waals surface area contributed by atoms with Crippen molar-refractivity contribution in [1.29, 1.82) is 0 Å². The van der Waals surface area contributed by atoms with Gasteiger partial charge in [-0.2, -0.15) is 5.10 Å². The van der Waals surface area contributed by atoms with E-state index >= 15 is 0 Å². The van der Waals surface area contributed by atoms with Gasteiger partial charge >= 0.3 is 0 Å². The van der Waals surface area contributed by atoms with Gasteiger partial charge in [0.25, 0.3) is 0 Å². The Balaban J connectivity index is 1.55. The smallest absolute Gasteiger partial charge is 0.152 e. The van der Waals surface area contributed by atoms with Crippen LogP contribution in [-0.4, -0.2) is 48.7 Å². The number of aromatic nitrogens is 5. The molecule has 3 N–H and O–H groups in total. The lowest BCUT2D eigenvalue weighted by Gasteiger charge is -2.32. The van der Waals surface area contributed by atoms with Crippen molar-refractivity contribution < 1.29 is 5.11 Å². The van der Waals surface area contributed by atoms with Gasteiger partial charge in [0.15, 0.2) is 5.82 Å². The lowest BCUT2D eigenvalue weighted by molar-refractivity contribution is 0.361. The Kier molecular flexibility index (Phi) is 4.72. The maximum Gasteiger partial charge on any atom is 0.152 e. The summed E-state index contributed by atoms with van der Waals surface area (Å²) in [7, 11) is 0. The van der Waals surface area contributed by atoms with Crippen LogP contribution in [0.25, 0.3) is 22.5 Å². The summed E-state index contributed by atoms with van der Waals surface area (Å²) < 4.78 is 0. The first-order chi connectivity index (χ1) is 13.4. The molecule has 0 saturated carbocycles. The largest absolute Gasteiger partial charge is 0.506 e. The third-order valence-corrected chi connectivity index (χ3v) is 4.74. The summed E-state index contributed by atoms with van der Waals surface area (Å²) in [4.78, 5) is 6.62. The minimum atomic E-state index is 0.0348. The first-order valence-corrected chi connectivity index (χ1v) is 9.47. The molecule has 1 saturated heterocycles. The minimum absolute atomic E-state index is 0.0348.